The summed E-state index contributed by atoms with van der Waals surface area (Å²) in [5.74, 6) is 0.0418. The molecule has 236 valence electrons. The van der Waals surface area contributed by atoms with E-state index in [9.17, 15) is 14.4 Å². The standard InChI is InChI=1S/C34H50N4O5/c1-36(32(39)18-9-6-12-26-38(2,3)27-13-19-33(40)42-4)24-25-37-22-20-29(21-23-37)43-34(41)35-31-17-11-10-16-30(31)28-14-7-5-8-15-28/h5,7-8,10-11,14-17,29H,6,9,12-13,18-27H2,1-4H3/p+1. The van der Waals surface area contributed by atoms with Gasteiger partial charge in [-0.3, -0.25) is 14.9 Å². The molecule has 0 radical (unpaired) electrons. The number of amides is 2. The van der Waals surface area contributed by atoms with Crippen LogP contribution in [0.5, 0.6) is 0 Å². The number of esters is 1. The Morgan fingerprint density at radius 3 is 2.30 bits per heavy atom. The van der Waals surface area contributed by atoms with Gasteiger partial charge in [-0.2, -0.15) is 0 Å². The highest BCUT2D eigenvalue weighted by molar-refractivity contribution is 5.91. The maximum atomic E-state index is 12.7. The molecule has 0 atom stereocenters. The molecule has 1 saturated heterocycles. The van der Waals surface area contributed by atoms with Gasteiger partial charge in [0.25, 0.3) is 0 Å². The summed E-state index contributed by atoms with van der Waals surface area (Å²) in [6.07, 6.45) is 5.88. The molecule has 1 aliphatic heterocycles. The lowest BCUT2D eigenvalue weighted by atomic mass is 10.0. The minimum atomic E-state index is -0.423. The van der Waals surface area contributed by atoms with Crippen molar-refractivity contribution in [3.8, 4) is 11.1 Å². The van der Waals surface area contributed by atoms with E-state index in [2.05, 4.69) is 24.3 Å². The predicted molar refractivity (Wildman–Crippen MR) is 171 cm³/mol. The average Bonchev–Trinajstić information content (AvgIpc) is 3.00. The molecule has 1 N–H and O–H groups in total. The number of carbonyl (C=O) groups excluding carboxylic acids is 3. The van der Waals surface area contributed by atoms with E-state index in [-0.39, 0.29) is 18.0 Å². The third-order valence-corrected chi connectivity index (χ3v) is 8.26. The molecule has 2 aromatic carbocycles. The number of likely N-dealkylation sites (tertiary alicyclic amines) is 1. The second kappa shape index (κ2) is 17.6. The first-order valence-electron chi connectivity index (χ1n) is 15.6. The number of nitrogens with zero attached hydrogens (tertiary/aromatic N) is 3. The monoisotopic (exact) mass is 595 g/mol. The molecule has 3 rings (SSSR count). The Balaban J connectivity index is 1.27. The number of carbonyl (C=O) groups is 3. The van der Waals surface area contributed by atoms with Crippen molar-refractivity contribution in [3.05, 3.63) is 54.6 Å². The summed E-state index contributed by atoms with van der Waals surface area (Å²) in [6.45, 7) is 5.18. The highest BCUT2D eigenvalue weighted by Gasteiger charge is 2.23. The Hall–Kier alpha value is -3.43. The van der Waals surface area contributed by atoms with Crippen molar-refractivity contribution in [2.24, 2.45) is 0 Å². The van der Waals surface area contributed by atoms with Gasteiger partial charge in [0.15, 0.2) is 0 Å². The lowest BCUT2D eigenvalue weighted by Crippen LogP contribution is -2.42. The van der Waals surface area contributed by atoms with Crippen LogP contribution in [0.25, 0.3) is 11.1 Å². The van der Waals surface area contributed by atoms with Gasteiger partial charge in [0.2, 0.25) is 5.91 Å². The summed E-state index contributed by atoms with van der Waals surface area (Å²) in [7, 11) is 7.69. The molecule has 1 aliphatic rings. The zero-order chi connectivity index (χ0) is 31.1. The lowest BCUT2D eigenvalue weighted by molar-refractivity contribution is -0.890. The second-order valence-electron chi connectivity index (χ2n) is 12.2. The van der Waals surface area contributed by atoms with E-state index in [1.165, 1.54) is 7.11 Å². The molecule has 43 heavy (non-hydrogen) atoms. The molecule has 9 heteroatoms. The van der Waals surface area contributed by atoms with Gasteiger partial charge >= 0.3 is 12.1 Å². The van der Waals surface area contributed by atoms with Gasteiger partial charge in [0, 0.05) is 51.6 Å². The molecule has 0 aromatic heterocycles. The Kier molecular flexibility index (Phi) is 14.0. The number of piperidine rings is 1. The smallest absolute Gasteiger partial charge is 0.411 e. The Morgan fingerprint density at radius 2 is 1.58 bits per heavy atom. The first-order valence-corrected chi connectivity index (χ1v) is 15.6. The number of anilines is 1. The lowest BCUT2D eigenvalue weighted by Gasteiger charge is -2.32. The third kappa shape index (κ3) is 12.4. The van der Waals surface area contributed by atoms with Gasteiger partial charge in [-0.25, -0.2) is 4.79 Å². The van der Waals surface area contributed by atoms with Gasteiger partial charge in [-0.05, 0) is 43.7 Å². The van der Waals surface area contributed by atoms with Crippen LogP contribution in [0.1, 0.15) is 51.4 Å². The molecule has 0 unspecified atom stereocenters. The highest BCUT2D eigenvalue weighted by Crippen LogP contribution is 2.28. The predicted octanol–water partition coefficient (Wildman–Crippen LogP) is 5.41. The van der Waals surface area contributed by atoms with Crippen molar-refractivity contribution in [3.63, 3.8) is 0 Å². The van der Waals surface area contributed by atoms with Crippen LogP contribution in [0.4, 0.5) is 10.5 Å². The summed E-state index contributed by atoms with van der Waals surface area (Å²) < 4.78 is 11.3. The third-order valence-electron chi connectivity index (χ3n) is 8.26. The van der Waals surface area contributed by atoms with Crippen molar-refractivity contribution < 1.29 is 28.3 Å². The van der Waals surface area contributed by atoms with Gasteiger partial charge in [-0.15, -0.1) is 0 Å². The van der Waals surface area contributed by atoms with Crippen LogP contribution in [0.2, 0.25) is 0 Å². The van der Waals surface area contributed by atoms with Crippen LogP contribution in [-0.2, 0) is 19.1 Å². The number of unbranched alkanes of at least 4 members (excludes halogenated alkanes) is 2. The zero-order valence-electron chi connectivity index (χ0n) is 26.6. The first kappa shape index (κ1) is 34.1. The number of hydrogen-bond acceptors (Lipinski definition) is 6. The van der Waals surface area contributed by atoms with E-state index in [4.69, 9.17) is 9.47 Å². The van der Waals surface area contributed by atoms with Crippen molar-refractivity contribution in [1.29, 1.82) is 0 Å². The van der Waals surface area contributed by atoms with Crippen molar-refractivity contribution in [2.45, 2.75) is 57.5 Å². The molecule has 0 aliphatic carbocycles. The zero-order valence-corrected chi connectivity index (χ0v) is 26.6. The summed E-state index contributed by atoms with van der Waals surface area (Å²) in [6, 6.07) is 17.7. The molecular weight excluding hydrogens is 544 g/mol. The Labute approximate surface area is 257 Å². The molecular formula is C34H51N4O5+. The SMILES string of the molecule is COC(=O)CCC[N+](C)(C)CCCCCC(=O)N(C)CCN1CCC(OC(=O)Nc2ccccc2-c2ccccc2)CC1. The first-order chi connectivity index (χ1) is 20.7. The maximum Gasteiger partial charge on any atom is 0.411 e. The number of methoxy groups -OCH3 is 1. The van der Waals surface area contributed by atoms with E-state index < -0.39 is 6.09 Å². The fourth-order valence-corrected chi connectivity index (χ4v) is 5.47. The number of hydrogen-bond donors (Lipinski definition) is 1. The highest BCUT2D eigenvalue weighted by atomic mass is 16.6. The normalized spacial score (nSPS) is 14.2. The molecule has 0 bridgehead atoms. The van der Waals surface area contributed by atoms with E-state index in [0.29, 0.717) is 19.4 Å². The number of nitrogens with one attached hydrogen (secondary N) is 1. The van der Waals surface area contributed by atoms with Gasteiger partial charge in [0.05, 0.1) is 46.4 Å². The quantitative estimate of drug-likeness (QED) is 0.159. The van der Waals surface area contributed by atoms with Gasteiger partial charge in [0.1, 0.15) is 6.10 Å². The number of quaternary nitrogens is 1. The Bertz CT molecular complexity index is 1150. The van der Waals surface area contributed by atoms with Crippen LogP contribution in [0.15, 0.2) is 54.6 Å². The molecule has 0 spiro atoms. The van der Waals surface area contributed by atoms with E-state index >= 15 is 0 Å². The second-order valence-corrected chi connectivity index (χ2v) is 12.2. The van der Waals surface area contributed by atoms with Crippen LogP contribution in [-0.4, -0.2) is 106 Å². The molecule has 2 aromatic rings. The number of benzene rings is 2. The van der Waals surface area contributed by atoms with Gasteiger partial charge < -0.3 is 23.8 Å². The largest absolute Gasteiger partial charge is 0.469 e. The van der Waals surface area contributed by atoms with Crippen LogP contribution in [0, 0.1) is 0 Å². The van der Waals surface area contributed by atoms with Crippen molar-refractivity contribution in [2.75, 3.05) is 72.8 Å². The number of para-hydroxylation sites is 1. The number of rotatable bonds is 16. The topological polar surface area (TPSA) is 88.2 Å². The minimum Gasteiger partial charge on any atom is -0.469 e. The summed E-state index contributed by atoms with van der Waals surface area (Å²) >= 11 is 0. The van der Waals surface area contributed by atoms with E-state index in [1.807, 2.05) is 66.5 Å². The minimum absolute atomic E-state index is 0.115. The van der Waals surface area contributed by atoms with Crippen LogP contribution < -0.4 is 5.32 Å². The van der Waals surface area contributed by atoms with E-state index in [0.717, 1.165) is 92.5 Å². The molecule has 1 fully saturated rings. The maximum absolute atomic E-state index is 12.7. The molecule has 0 saturated carbocycles. The van der Waals surface area contributed by atoms with Crippen LogP contribution in [0.3, 0.4) is 0 Å². The average molecular weight is 596 g/mol. The summed E-state index contributed by atoms with van der Waals surface area (Å²) in [5, 5.41) is 2.93. The fraction of sp³-hybridized carbons (Fsp3) is 0.559. The molecule has 1 heterocycles. The van der Waals surface area contributed by atoms with E-state index in [1.54, 1.807) is 0 Å². The Morgan fingerprint density at radius 1 is 0.907 bits per heavy atom. The molecule has 9 nitrogen and oxygen atoms in total. The van der Waals surface area contributed by atoms with Crippen molar-refractivity contribution >= 4 is 23.7 Å². The van der Waals surface area contributed by atoms with Crippen LogP contribution >= 0.6 is 0 Å². The van der Waals surface area contributed by atoms with Gasteiger partial charge in [-0.1, -0.05) is 48.5 Å². The van der Waals surface area contributed by atoms with Crippen molar-refractivity contribution in [1.82, 2.24) is 9.80 Å². The molecule has 2 amide bonds. The fourth-order valence-electron chi connectivity index (χ4n) is 5.47. The summed E-state index contributed by atoms with van der Waals surface area (Å²) in [5.41, 5.74) is 2.74. The summed E-state index contributed by atoms with van der Waals surface area (Å²) in [4.78, 5) is 40.8. The number of ether oxygens (including phenoxy) is 2. The number of likely N-dealkylation sites (N-methyl/N-ethyl adjacent to an activating group) is 1.